The minimum atomic E-state index is 0.0201. The van der Waals surface area contributed by atoms with Gasteiger partial charge in [0.1, 0.15) is 0 Å². The van der Waals surface area contributed by atoms with Crippen molar-refractivity contribution >= 4 is 17.5 Å². The lowest BCUT2D eigenvalue weighted by Gasteiger charge is -2.21. The second-order valence-corrected chi connectivity index (χ2v) is 5.97. The summed E-state index contributed by atoms with van der Waals surface area (Å²) in [6.45, 7) is 4.60. The number of hydrogen-bond donors (Lipinski definition) is 1. The lowest BCUT2D eigenvalue weighted by molar-refractivity contribution is -0.122. The largest absolute Gasteiger partial charge is 0.348 e. The molecule has 1 aromatic carbocycles. The first-order valence-electron chi connectivity index (χ1n) is 7.42. The Morgan fingerprint density at radius 2 is 1.80 bits per heavy atom. The number of halogens is 1. The van der Waals surface area contributed by atoms with Crippen LogP contribution in [0.5, 0.6) is 0 Å². The number of benzene rings is 1. The van der Waals surface area contributed by atoms with Crippen LogP contribution in [-0.2, 0) is 4.79 Å². The van der Waals surface area contributed by atoms with E-state index in [1.807, 2.05) is 31.2 Å². The van der Waals surface area contributed by atoms with Crippen LogP contribution in [0.25, 0.3) is 0 Å². The molecule has 0 spiro atoms. The predicted octanol–water partition coefficient (Wildman–Crippen LogP) is 3.39. The van der Waals surface area contributed by atoms with Gasteiger partial charge >= 0.3 is 0 Å². The first-order chi connectivity index (χ1) is 9.65. The van der Waals surface area contributed by atoms with Gasteiger partial charge in [-0.2, -0.15) is 0 Å². The molecule has 0 bridgehead atoms. The summed E-state index contributed by atoms with van der Waals surface area (Å²) in [7, 11) is 0. The molecule has 1 aromatic rings. The number of rotatable bonds is 4. The Labute approximate surface area is 126 Å². The molecular weight excluding hydrogens is 272 g/mol. The SMILES string of the molecule is C[C@H](NC(=O)CN1CCCCCC1)c1ccc(Cl)cc1. The van der Waals surface area contributed by atoms with Crippen molar-refractivity contribution in [1.29, 1.82) is 0 Å². The van der Waals surface area contributed by atoms with E-state index in [0.717, 1.165) is 23.7 Å². The Hall–Kier alpha value is -1.06. The van der Waals surface area contributed by atoms with Crippen LogP contribution in [0.4, 0.5) is 0 Å². The van der Waals surface area contributed by atoms with Crippen LogP contribution >= 0.6 is 11.6 Å². The Morgan fingerprint density at radius 3 is 2.40 bits per heavy atom. The minimum Gasteiger partial charge on any atom is -0.348 e. The molecule has 1 amide bonds. The van der Waals surface area contributed by atoms with Gasteiger partial charge in [0.25, 0.3) is 0 Å². The molecule has 1 heterocycles. The van der Waals surface area contributed by atoms with Crippen LogP contribution in [-0.4, -0.2) is 30.4 Å². The normalized spacial score (nSPS) is 18.3. The zero-order valence-electron chi connectivity index (χ0n) is 12.1. The lowest BCUT2D eigenvalue weighted by Crippen LogP contribution is -2.38. The topological polar surface area (TPSA) is 32.3 Å². The minimum absolute atomic E-state index is 0.0201. The highest BCUT2D eigenvalue weighted by molar-refractivity contribution is 6.30. The van der Waals surface area contributed by atoms with Crippen LogP contribution in [0.3, 0.4) is 0 Å². The first-order valence-corrected chi connectivity index (χ1v) is 7.80. The van der Waals surface area contributed by atoms with Gasteiger partial charge in [0, 0.05) is 5.02 Å². The zero-order valence-corrected chi connectivity index (χ0v) is 12.8. The summed E-state index contributed by atoms with van der Waals surface area (Å²) in [5.74, 6) is 0.106. The summed E-state index contributed by atoms with van der Waals surface area (Å²) >= 11 is 5.87. The second-order valence-electron chi connectivity index (χ2n) is 5.53. The van der Waals surface area contributed by atoms with Gasteiger partial charge in [-0.05, 0) is 50.6 Å². The van der Waals surface area contributed by atoms with Crippen molar-refractivity contribution in [2.75, 3.05) is 19.6 Å². The van der Waals surface area contributed by atoms with E-state index in [0.29, 0.717) is 6.54 Å². The average molecular weight is 295 g/mol. The molecule has 0 radical (unpaired) electrons. The summed E-state index contributed by atoms with van der Waals surface area (Å²) in [4.78, 5) is 14.4. The van der Waals surface area contributed by atoms with Crippen LogP contribution in [0.2, 0.25) is 5.02 Å². The molecule has 1 fully saturated rings. The van der Waals surface area contributed by atoms with Gasteiger partial charge < -0.3 is 5.32 Å². The number of likely N-dealkylation sites (tertiary alicyclic amines) is 1. The number of nitrogens with zero attached hydrogens (tertiary/aromatic N) is 1. The first kappa shape index (κ1) is 15.3. The predicted molar refractivity (Wildman–Crippen MR) is 82.9 cm³/mol. The van der Waals surface area contributed by atoms with Crippen molar-refractivity contribution in [1.82, 2.24) is 10.2 Å². The highest BCUT2D eigenvalue weighted by Gasteiger charge is 2.15. The third-order valence-electron chi connectivity index (χ3n) is 3.81. The Bertz CT molecular complexity index is 425. The third-order valence-corrected chi connectivity index (χ3v) is 4.07. The van der Waals surface area contributed by atoms with Gasteiger partial charge in [-0.15, -0.1) is 0 Å². The fourth-order valence-electron chi connectivity index (χ4n) is 2.62. The van der Waals surface area contributed by atoms with Gasteiger partial charge in [0.2, 0.25) is 5.91 Å². The van der Waals surface area contributed by atoms with E-state index in [1.54, 1.807) is 0 Å². The number of amides is 1. The third kappa shape index (κ3) is 4.80. The maximum atomic E-state index is 12.1. The fraction of sp³-hybridized carbons (Fsp3) is 0.562. The number of carbonyl (C=O) groups is 1. The molecule has 0 saturated carbocycles. The van der Waals surface area contributed by atoms with Gasteiger partial charge in [-0.25, -0.2) is 0 Å². The lowest BCUT2D eigenvalue weighted by atomic mass is 10.1. The fourth-order valence-corrected chi connectivity index (χ4v) is 2.75. The molecule has 1 N–H and O–H groups in total. The van der Waals surface area contributed by atoms with Gasteiger partial charge in [0.05, 0.1) is 12.6 Å². The molecule has 1 atom stereocenters. The summed E-state index contributed by atoms with van der Waals surface area (Å²) < 4.78 is 0. The molecule has 1 saturated heterocycles. The summed E-state index contributed by atoms with van der Waals surface area (Å²) in [6.07, 6.45) is 5.00. The maximum absolute atomic E-state index is 12.1. The van der Waals surface area contributed by atoms with Crippen LogP contribution in [0.1, 0.15) is 44.2 Å². The van der Waals surface area contributed by atoms with Crippen molar-refractivity contribution in [3.63, 3.8) is 0 Å². The number of hydrogen-bond acceptors (Lipinski definition) is 2. The molecule has 0 aliphatic carbocycles. The van der Waals surface area contributed by atoms with Crippen LogP contribution in [0.15, 0.2) is 24.3 Å². The van der Waals surface area contributed by atoms with E-state index < -0.39 is 0 Å². The van der Waals surface area contributed by atoms with E-state index in [9.17, 15) is 4.79 Å². The molecular formula is C16H23ClN2O. The molecule has 0 aromatic heterocycles. The molecule has 110 valence electrons. The van der Waals surface area contributed by atoms with Crippen LogP contribution < -0.4 is 5.32 Å². The number of carbonyl (C=O) groups excluding carboxylic acids is 1. The molecule has 1 aliphatic heterocycles. The Kier molecular flexibility index (Phi) is 5.86. The standard InChI is InChI=1S/C16H23ClN2O/c1-13(14-6-8-15(17)9-7-14)18-16(20)12-19-10-4-2-3-5-11-19/h6-9,13H,2-5,10-12H2,1H3,(H,18,20)/t13-/m0/s1. The van der Waals surface area contributed by atoms with E-state index in [1.165, 1.54) is 25.7 Å². The zero-order chi connectivity index (χ0) is 14.4. The van der Waals surface area contributed by atoms with Crippen molar-refractivity contribution in [2.45, 2.75) is 38.6 Å². The summed E-state index contributed by atoms with van der Waals surface area (Å²) in [5, 5.41) is 3.78. The van der Waals surface area contributed by atoms with Crippen molar-refractivity contribution < 1.29 is 4.79 Å². The molecule has 2 rings (SSSR count). The molecule has 1 aliphatic rings. The van der Waals surface area contributed by atoms with Crippen molar-refractivity contribution in [3.8, 4) is 0 Å². The van der Waals surface area contributed by atoms with Crippen molar-refractivity contribution in [2.24, 2.45) is 0 Å². The highest BCUT2D eigenvalue weighted by atomic mass is 35.5. The van der Waals surface area contributed by atoms with Gasteiger partial charge in [0.15, 0.2) is 0 Å². The van der Waals surface area contributed by atoms with E-state index in [4.69, 9.17) is 11.6 Å². The number of nitrogens with one attached hydrogen (secondary N) is 1. The van der Waals surface area contributed by atoms with Crippen LogP contribution in [0, 0.1) is 0 Å². The van der Waals surface area contributed by atoms with E-state index in [2.05, 4.69) is 10.2 Å². The Balaban J connectivity index is 1.82. The molecule has 20 heavy (non-hydrogen) atoms. The average Bonchev–Trinajstić information content (AvgIpc) is 2.68. The van der Waals surface area contributed by atoms with Gasteiger partial charge in [-0.3, -0.25) is 9.69 Å². The maximum Gasteiger partial charge on any atom is 0.234 e. The van der Waals surface area contributed by atoms with E-state index in [-0.39, 0.29) is 11.9 Å². The second kappa shape index (κ2) is 7.65. The van der Waals surface area contributed by atoms with Gasteiger partial charge in [-0.1, -0.05) is 36.6 Å². The molecule has 4 heteroatoms. The van der Waals surface area contributed by atoms with Crippen molar-refractivity contribution in [3.05, 3.63) is 34.9 Å². The Morgan fingerprint density at radius 1 is 1.20 bits per heavy atom. The molecule has 3 nitrogen and oxygen atoms in total. The smallest absolute Gasteiger partial charge is 0.234 e. The summed E-state index contributed by atoms with van der Waals surface area (Å²) in [6, 6.07) is 7.65. The highest BCUT2D eigenvalue weighted by Crippen LogP contribution is 2.16. The quantitative estimate of drug-likeness (QED) is 0.923. The summed E-state index contributed by atoms with van der Waals surface area (Å²) in [5.41, 5.74) is 1.08. The van der Waals surface area contributed by atoms with E-state index >= 15 is 0 Å². The monoisotopic (exact) mass is 294 g/mol. The molecule has 0 unspecified atom stereocenters.